The number of alkyl halides is 2. The molecule has 1 aromatic carbocycles. The number of halogens is 2. The Labute approximate surface area is 184 Å². The lowest BCUT2D eigenvalue weighted by Crippen LogP contribution is -2.49. The minimum atomic E-state index is -2.26. The summed E-state index contributed by atoms with van der Waals surface area (Å²) in [5.41, 5.74) is 2.44. The van der Waals surface area contributed by atoms with Gasteiger partial charge in [0.05, 0.1) is 19.2 Å². The van der Waals surface area contributed by atoms with E-state index in [9.17, 15) is 13.9 Å². The molecule has 2 fully saturated rings. The Hall–Kier alpha value is -1.77. The fraction of sp³-hybridized carbons (Fsp3) is 0.696. The number of nitrogens with zero attached hydrogens (tertiary/aromatic N) is 3. The van der Waals surface area contributed by atoms with Crippen LogP contribution in [0.15, 0.2) is 29.3 Å². The molecule has 3 rings (SSSR count). The number of guanidine groups is 1. The van der Waals surface area contributed by atoms with E-state index in [2.05, 4.69) is 39.8 Å². The van der Waals surface area contributed by atoms with Crippen molar-refractivity contribution in [3.8, 4) is 0 Å². The van der Waals surface area contributed by atoms with Gasteiger partial charge in [-0.2, -0.15) is 0 Å². The monoisotopic (exact) mass is 437 g/mol. The summed E-state index contributed by atoms with van der Waals surface area (Å²) in [5, 5.41) is 16.4. The van der Waals surface area contributed by atoms with E-state index in [0.29, 0.717) is 19.6 Å². The molecule has 0 unspecified atom stereocenters. The van der Waals surface area contributed by atoms with E-state index in [0.717, 1.165) is 63.4 Å². The van der Waals surface area contributed by atoms with Crippen LogP contribution < -0.4 is 10.6 Å². The number of nitrogens with one attached hydrogen (secondary N) is 2. The van der Waals surface area contributed by atoms with Crippen molar-refractivity contribution in [1.29, 1.82) is 0 Å². The minimum absolute atomic E-state index is 0.128. The van der Waals surface area contributed by atoms with Gasteiger partial charge in [0.1, 0.15) is 0 Å². The van der Waals surface area contributed by atoms with Crippen LogP contribution in [0.3, 0.4) is 0 Å². The van der Waals surface area contributed by atoms with Crippen LogP contribution in [0.1, 0.15) is 43.7 Å². The minimum Gasteiger partial charge on any atom is -0.393 e. The van der Waals surface area contributed by atoms with Crippen molar-refractivity contribution in [1.82, 2.24) is 20.4 Å². The highest BCUT2D eigenvalue weighted by Crippen LogP contribution is 2.15. The summed E-state index contributed by atoms with van der Waals surface area (Å²) in [5.74, 6) is 0.783. The Morgan fingerprint density at radius 3 is 2.26 bits per heavy atom. The normalized spacial score (nSPS) is 20.4. The molecule has 31 heavy (non-hydrogen) atoms. The van der Waals surface area contributed by atoms with E-state index in [-0.39, 0.29) is 18.7 Å². The van der Waals surface area contributed by atoms with Crippen molar-refractivity contribution in [2.24, 2.45) is 4.99 Å². The van der Waals surface area contributed by atoms with Gasteiger partial charge in [0, 0.05) is 45.3 Å². The van der Waals surface area contributed by atoms with Crippen LogP contribution in [0.2, 0.25) is 0 Å². The second kappa shape index (κ2) is 12.3. The molecule has 0 bridgehead atoms. The molecule has 0 amide bonds. The van der Waals surface area contributed by atoms with Crippen LogP contribution in [-0.4, -0.2) is 78.7 Å². The first kappa shape index (κ1) is 23.9. The van der Waals surface area contributed by atoms with E-state index >= 15 is 0 Å². The summed E-state index contributed by atoms with van der Waals surface area (Å²) in [4.78, 5) is 8.94. The van der Waals surface area contributed by atoms with Gasteiger partial charge in [-0.25, -0.2) is 13.8 Å². The van der Waals surface area contributed by atoms with Crippen LogP contribution in [0.4, 0.5) is 8.78 Å². The predicted octanol–water partition coefficient (Wildman–Crippen LogP) is 2.43. The van der Waals surface area contributed by atoms with Crippen molar-refractivity contribution in [3.05, 3.63) is 35.4 Å². The molecule has 2 heterocycles. The number of aliphatic imine (C=N–C) groups is 1. The second-order valence-electron chi connectivity index (χ2n) is 8.63. The summed E-state index contributed by atoms with van der Waals surface area (Å²) in [6, 6.07) is 8.84. The number of hydrogen-bond donors (Lipinski definition) is 3. The molecular formula is C23H37F2N5O. The molecule has 0 saturated carbocycles. The van der Waals surface area contributed by atoms with Crippen LogP contribution in [0.25, 0.3) is 0 Å². The van der Waals surface area contributed by atoms with Gasteiger partial charge in [0.25, 0.3) is 6.43 Å². The van der Waals surface area contributed by atoms with Crippen molar-refractivity contribution in [3.63, 3.8) is 0 Å². The summed E-state index contributed by atoms with van der Waals surface area (Å²) < 4.78 is 25.1. The molecule has 8 heteroatoms. The first-order valence-corrected chi connectivity index (χ1v) is 11.6. The van der Waals surface area contributed by atoms with Crippen LogP contribution in [-0.2, 0) is 13.1 Å². The van der Waals surface area contributed by atoms with E-state index < -0.39 is 6.43 Å². The number of aliphatic hydroxyl groups is 1. The lowest BCUT2D eigenvalue weighted by Gasteiger charge is -2.32. The van der Waals surface area contributed by atoms with Crippen molar-refractivity contribution in [2.75, 3.05) is 39.3 Å². The molecule has 2 aliphatic heterocycles. The van der Waals surface area contributed by atoms with Gasteiger partial charge in [-0.15, -0.1) is 0 Å². The lowest BCUT2D eigenvalue weighted by atomic mass is 10.1. The largest absolute Gasteiger partial charge is 0.393 e. The molecule has 6 nitrogen and oxygen atoms in total. The molecule has 174 valence electrons. The Morgan fingerprint density at radius 1 is 1.03 bits per heavy atom. The maximum atomic E-state index is 12.5. The average Bonchev–Trinajstić information content (AvgIpc) is 2.76. The molecule has 0 atom stereocenters. The average molecular weight is 438 g/mol. The topological polar surface area (TPSA) is 63.1 Å². The zero-order chi connectivity index (χ0) is 22.1. The van der Waals surface area contributed by atoms with Crippen molar-refractivity contribution >= 4 is 5.96 Å². The molecule has 0 radical (unpaired) electrons. The van der Waals surface area contributed by atoms with Crippen molar-refractivity contribution < 1.29 is 13.9 Å². The Bertz CT molecular complexity index is 669. The zero-order valence-corrected chi connectivity index (χ0v) is 18.6. The lowest BCUT2D eigenvalue weighted by molar-refractivity contribution is 0.0744. The third-order valence-electron chi connectivity index (χ3n) is 6.07. The summed E-state index contributed by atoms with van der Waals surface area (Å²) in [6.07, 6.45) is 1.01. The SMILES string of the molecule is CCNC(=NCc1ccc(CN2CCC(O)CC2)cc1)NC1CCN(CC(F)F)CC1. The third-order valence-corrected chi connectivity index (χ3v) is 6.07. The van der Waals surface area contributed by atoms with Gasteiger partial charge in [-0.05, 0) is 43.7 Å². The van der Waals surface area contributed by atoms with E-state index in [4.69, 9.17) is 4.99 Å². The molecule has 0 aromatic heterocycles. The Kier molecular flexibility index (Phi) is 9.49. The van der Waals surface area contributed by atoms with Gasteiger partial charge in [0.2, 0.25) is 0 Å². The summed E-state index contributed by atoms with van der Waals surface area (Å²) >= 11 is 0. The molecule has 0 spiro atoms. The first-order valence-electron chi connectivity index (χ1n) is 11.6. The van der Waals surface area contributed by atoms with Crippen LogP contribution in [0.5, 0.6) is 0 Å². The number of piperidine rings is 2. The number of benzene rings is 1. The smallest absolute Gasteiger partial charge is 0.251 e. The molecule has 2 saturated heterocycles. The van der Waals surface area contributed by atoms with Gasteiger partial charge in [-0.1, -0.05) is 24.3 Å². The number of likely N-dealkylation sites (tertiary alicyclic amines) is 2. The highest BCUT2D eigenvalue weighted by molar-refractivity contribution is 5.80. The molecule has 0 aliphatic carbocycles. The fourth-order valence-electron chi connectivity index (χ4n) is 4.22. The standard InChI is InChI=1S/C23H37F2N5O/c1-2-26-23(28-20-7-11-30(12-8-20)17-22(24)25)27-15-18-3-5-19(6-4-18)16-29-13-9-21(31)10-14-29/h3-6,20-22,31H,2,7-17H2,1H3,(H2,26,27,28). The summed E-state index contributed by atoms with van der Waals surface area (Å²) in [6.45, 7) is 7.49. The molecular weight excluding hydrogens is 400 g/mol. The van der Waals surface area contributed by atoms with Gasteiger partial charge >= 0.3 is 0 Å². The number of rotatable bonds is 8. The van der Waals surface area contributed by atoms with E-state index in [1.165, 1.54) is 5.56 Å². The maximum Gasteiger partial charge on any atom is 0.251 e. The summed E-state index contributed by atoms with van der Waals surface area (Å²) in [7, 11) is 0. The molecule has 3 N–H and O–H groups in total. The predicted molar refractivity (Wildman–Crippen MR) is 120 cm³/mol. The number of aliphatic hydroxyl groups excluding tert-OH is 1. The van der Waals surface area contributed by atoms with Crippen molar-refractivity contribution in [2.45, 2.75) is 64.3 Å². The zero-order valence-electron chi connectivity index (χ0n) is 18.6. The molecule has 1 aromatic rings. The third kappa shape index (κ3) is 8.35. The molecule has 2 aliphatic rings. The quantitative estimate of drug-likeness (QED) is 0.431. The first-order chi connectivity index (χ1) is 15.0. The van der Waals surface area contributed by atoms with Crippen LogP contribution in [0, 0.1) is 0 Å². The van der Waals surface area contributed by atoms with E-state index in [1.807, 2.05) is 11.8 Å². The van der Waals surface area contributed by atoms with E-state index in [1.54, 1.807) is 0 Å². The highest BCUT2D eigenvalue weighted by Gasteiger charge is 2.22. The fourth-order valence-corrected chi connectivity index (χ4v) is 4.22. The maximum absolute atomic E-state index is 12.5. The number of hydrogen-bond acceptors (Lipinski definition) is 4. The van der Waals surface area contributed by atoms with Gasteiger partial charge < -0.3 is 15.7 Å². The Balaban J connectivity index is 1.46. The van der Waals surface area contributed by atoms with Gasteiger partial charge in [0.15, 0.2) is 5.96 Å². The van der Waals surface area contributed by atoms with Gasteiger partial charge in [-0.3, -0.25) is 9.80 Å². The second-order valence-corrected chi connectivity index (χ2v) is 8.63. The van der Waals surface area contributed by atoms with Crippen LogP contribution >= 0.6 is 0 Å². The Morgan fingerprint density at radius 2 is 1.65 bits per heavy atom. The highest BCUT2D eigenvalue weighted by atomic mass is 19.3.